The first-order valence-corrected chi connectivity index (χ1v) is 10.7. The number of benzene rings is 2. The lowest BCUT2D eigenvalue weighted by Gasteiger charge is -2.06. The Morgan fingerprint density at radius 2 is 1.63 bits per heavy atom. The first-order chi connectivity index (χ1) is 13.1. The molecule has 2 aromatic carbocycles. The third kappa shape index (κ3) is 4.77. The second-order valence-corrected chi connectivity index (χ2v) is 8.22. The number of aromatic nitrogens is 1. The van der Waals surface area contributed by atoms with Crippen LogP contribution in [-0.4, -0.2) is 13.4 Å². The third-order valence-corrected chi connectivity index (χ3v) is 5.92. The number of nitrogens with one attached hydrogen (secondary N) is 1. The van der Waals surface area contributed by atoms with E-state index in [0.29, 0.717) is 18.9 Å². The molecule has 0 unspecified atom stereocenters. The van der Waals surface area contributed by atoms with Crippen molar-refractivity contribution < 1.29 is 12.8 Å². The molecule has 3 aromatic rings. The van der Waals surface area contributed by atoms with Gasteiger partial charge >= 0.3 is 0 Å². The minimum atomic E-state index is -3.75. The van der Waals surface area contributed by atoms with E-state index >= 15 is 0 Å². The molecule has 0 fully saturated rings. The molecule has 1 aromatic heterocycles. The quantitative estimate of drug-likeness (QED) is 0.534. The van der Waals surface area contributed by atoms with Gasteiger partial charge in [-0.3, -0.25) is 0 Å². The monoisotopic (exact) mass is 384 g/mol. The molecule has 6 heteroatoms. The van der Waals surface area contributed by atoms with Crippen molar-refractivity contribution in [3.63, 3.8) is 0 Å². The summed E-state index contributed by atoms with van der Waals surface area (Å²) in [6.07, 6.45) is 3.67. The third-order valence-electron chi connectivity index (χ3n) is 4.24. The zero-order valence-electron chi connectivity index (χ0n) is 15.4. The van der Waals surface area contributed by atoms with Crippen LogP contribution in [0.25, 0.3) is 0 Å². The number of sulfone groups is 1. The summed E-state index contributed by atoms with van der Waals surface area (Å²) in [6, 6.07) is 18.1. The Morgan fingerprint density at radius 3 is 2.30 bits per heavy atom. The first kappa shape index (κ1) is 19.2. The van der Waals surface area contributed by atoms with Gasteiger partial charge in [-0.25, -0.2) is 8.42 Å². The lowest BCUT2D eigenvalue weighted by atomic mass is 10.2. The van der Waals surface area contributed by atoms with Gasteiger partial charge in [0, 0.05) is 13.0 Å². The molecule has 0 bridgehead atoms. The average molecular weight is 385 g/mol. The summed E-state index contributed by atoms with van der Waals surface area (Å²) in [4.78, 5) is 4.53. The van der Waals surface area contributed by atoms with E-state index in [4.69, 9.17) is 4.42 Å². The molecular formula is C21H24N2O3S. The molecule has 5 nitrogen and oxygen atoms in total. The van der Waals surface area contributed by atoms with Crippen molar-refractivity contribution in [3.05, 3.63) is 72.1 Å². The van der Waals surface area contributed by atoms with Crippen molar-refractivity contribution in [2.24, 2.45) is 0 Å². The van der Waals surface area contributed by atoms with E-state index in [1.165, 1.54) is 0 Å². The highest BCUT2D eigenvalue weighted by molar-refractivity contribution is 7.91. The lowest BCUT2D eigenvalue weighted by Crippen LogP contribution is -2.07. The van der Waals surface area contributed by atoms with Crippen LogP contribution in [-0.2, 0) is 22.8 Å². The Bertz CT molecular complexity index is 952. The van der Waals surface area contributed by atoms with Crippen LogP contribution in [0.4, 0.5) is 5.88 Å². The Morgan fingerprint density at radius 1 is 0.963 bits per heavy atom. The van der Waals surface area contributed by atoms with Crippen LogP contribution in [0.2, 0.25) is 0 Å². The molecule has 1 N–H and O–H groups in total. The number of nitrogens with zero attached hydrogens (tertiary/aromatic N) is 1. The second kappa shape index (κ2) is 8.86. The van der Waals surface area contributed by atoms with Gasteiger partial charge in [-0.05, 0) is 24.1 Å². The SMILES string of the molecule is CCCCCc1nc(S(=O)(=O)c2ccccc2)c(NCc2ccccc2)o1. The summed E-state index contributed by atoms with van der Waals surface area (Å²) in [7, 11) is -3.75. The lowest BCUT2D eigenvalue weighted by molar-refractivity contribution is 0.491. The number of rotatable bonds is 9. The Labute approximate surface area is 160 Å². The van der Waals surface area contributed by atoms with E-state index in [9.17, 15) is 8.42 Å². The van der Waals surface area contributed by atoms with Gasteiger partial charge in [0.05, 0.1) is 4.90 Å². The average Bonchev–Trinajstić information content (AvgIpc) is 3.12. The smallest absolute Gasteiger partial charge is 0.233 e. The first-order valence-electron chi connectivity index (χ1n) is 9.19. The molecule has 0 saturated carbocycles. The molecule has 0 radical (unpaired) electrons. The summed E-state index contributed by atoms with van der Waals surface area (Å²) in [5.74, 6) is 0.655. The molecule has 3 rings (SSSR count). The Balaban J connectivity index is 1.90. The normalized spacial score (nSPS) is 11.4. The number of unbranched alkanes of at least 4 members (excludes halogenated alkanes) is 2. The zero-order chi connectivity index (χ0) is 19.1. The fraction of sp³-hybridized carbons (Fsp3) is 0.286. The molecule has 0 amide bonds. The molecule has 0 aliphatic carbocycles. The molecule has 1 heterocycles. The van der Waals surface area contributed by atoms with Crippen molar-refractivity contribution in [1.82, 2.24) is 4.98 Å². The predicted octanol–water partition coefficient (Wildman–Crippen LogP) is 4.85. The fourth-order valence-electron chi connectivity index (χ4n) is 2.76. The highest BCUT2D eigenvalue weighted by atomic mass is 32.2. The molecule has 27 heavy (non-hydrogen) atoms. The van der Waals surface area contributed by atoms with Crippen molar-refractivity contribution in [3.8, 4) is 0 Å². The van der Waals surface area contributed by atoms with Crippen LogP contribution in [0.15, 0.2) is 75.0 Å². The van der Waals surface area contributed by atoms with Gasteiger partial charge < -0.3 is 9.73 Å². The van der Waals surface area contributed by atoms with Gasteiger partial charge in [0.2, 0.25) is 20.7 Å². The summed E-state index contributed by atoms with van der Waals surface area (Å²) >= 11 is 0. The number of anilines is 1. The molecule has 0 saturated heterocycles. The summed E-state index contributed by atoms with van der Waals surface area (Å²) in [6.45, 7) is 2.58. The fourth-order valence-corrected chi connectivity index (χ4v) is 4.08. The van der Waals surface area contributed by atoms with E-state index in [-0.39, 0.29) is 15.8 Å². The maximum atomic E-state index is 13.0. The van der Waals surface area contributed by atoms with Crippen LogP contribution in [0.1, 0.15) is 37.6 Å². The topological polar surface area (TPSA) is 72.2 Å². The molecule has 142 valence electrons. The zero-order valence-corrected chi connectivity index (χ0v) is 16.2. The van der Waals surface area contributed by atoms with E-state index in [1.54, 1.807) is 30.3 Å². The highest BCUT2D eigenvalue weighted by Gasteiger charge is 2.27. The minimum absolute atomic E-state index is 0.0453. The van der Waals surface area contributed by atoms with Crippen LogP contribution < -0.4 is 5.32 Å². The van der Waals surface area contributed by atoms with E-state index in [0.717, 1.165) is 24.8 Å². The van der Waals surface area contributed by atoms with Gasteiger partial charge in [-0.15, -0.1) is 0 Å². The molecule has 0 spiro atoms. The van der Waals surface area contributed by atoms with Crippen LogP contribution >= 0.6 is 0 Å². The number of aryl methyl sites for hydroxylation is 1. The predicted molar refractivity (Wildman–Crippen MR) is 105 cm³/mol. The summed E-state index contributed by atoms with van der Waals surface area (Å²) in [5, 5.41) is 3.06. The molecule has 0 aliphatic rings. The van der Waals surface area contributed by atoms with Gasteiger partial charge in [0.15, 0.2) is 5.89 Å². The van der Waals surface area contributed by atoms with Crippen molar-refractivity contribution in [2.45, 2.75) is 49.1 Å². The van der Waals surface area contributed by atoms with Crippen LogP contribution in [0.3, 0.4) is 0 Å². The highest BCUT2D eigenvalue weighted by Crippen LogP contribution is 2.29. The number of hydrogen-bond donors (Lipinski definition) is 1. The van der Waals surface area contributed by atoms with E-state index in [1.807, 2.05) is 30.3 Å². The minimum Gasteiger partial charge on any atom is -0.424 e. The number of hydrogen-bond acceptors (Lipinski definition) is 5. The van der Waals surface area contributed by atoms with Gasteiger partial charge in [-0.2, -0.15) is 4.98 Å². The largest absolute Gasteiger partial charge is 0.424 e. The van der Waals surface area contributed by atoms with Crippen LogP contribution in [0, 0.1) is 0 Å². The molecule has 0 aliphatic heterocycles. The van der Waals surface area contributed by atoms with Crippen LogP contribution in [0.5, 0.6) is 0 Å². The van der Waals surface area contributed by atoms with Crippen molar-refractivity contribution in [1.29, 1.82) is 0 Å². The van der Waals surface area contributed by atoms with Gasteiger partial charge in [0.25, 0.3) is 0 Å². The Hall–Kier alpha value is -2.60. The standard InChI is InChI=1S/C21H24N2O3S/c1-2-3-6-15-19-23-21(27(24,25)18-13-9-5-10-14-18)20(26-19)22-16-17-11-7-4-8-12-17/h4-5,7-14,22H,2-3,6,15-16H2,1H3. The Kier molecular flexibility index (Phi) is 6.29. The van der Waals surface area contributed by atoms with E-state index in [2.05, 4.69) is 17.2 Å². The van der Waals surface area contributed by atoms with Crippen molar-refractivity contribution in [2.75, 3.05) is 5.32 Å². The van der Waals surface area contributed by atoms with E-state index < -0.39 is 9.84 Å². The second-order valence-electron chi connectivity index (χ2n) is 6.35. The van der Waals surface area contributed by atoms with Gasteiger partial charge in [0.1, 0.15) is 0 Å². The maximum absolute atomic E-state index is 13.0. The van der Waals surface area contributed by atoms with Crippen molar-refractivity contribution >= 4 is 15.7 Å². The van der Waals surface area contributed by atoms with Gasteiger partial charge in [-0.1, -0.05) is 68.3 Å². The number of oxazole rings is 1. The maximum Gasteiger partial charge on any atom is 0.233 e. The summed E-state index contributed by atoms with van der Waals surface area (Å²) < 4.78 is 31.9. The molecular weight excluding hydrogens is 360 g/mol. The molecule has 0 atom stereocenters. The summed E-state index contributed by atoms with van der Waals surface area (Å²) in [5.41, 5.74) is 1.03.